The van der Waals surface area contributed by atoms with Crippen LogP contribution in [0.15, 0.2) is 47.4 Å². The van der Waals surface area contributed by atoms with Crippen LogP contribution in [0, 0.1) is 0 Å². The average Bonchev–Trinajstić information content (AvgIpc) is 2.52. The Morgan fingerprint density at radius 2 is 1.62 bits per heavy atom. The molecule has 5 nitrogen and oxygen atoms in total. The fourth-order valence-electron chi connectivity index (χ4n) is 2.10. The highest BCUT2D eigenvalue weighted by Gasteiger charge is 2.13. The number of ether oxygens (including phenoxy) is 2. The molecule has 6 heteroatoms. The molecule has 0 spiro atoms. The first kappa shape index (κ1) is 17.7. The van der Waals surface area contributed by atoms with Crippen LogP contribution >= 0.6 is 0 Å². The SMILES string of the molecule is COc1ccc(C=Cc2ccc(OC(C)=O)cc2)c(S(C)(=O)=O)c1. The van der Waals surface area contributed by atoms with Crippen molar-refractivity contribution in [2.45, 2.75) is 11.8 Å². The molecule has 24 heavy (non-hydrogen) atoms. The van der Waals surface area contributed by atoms with Crippen molar-refractivity contribution in [2.75, 3.05) is 13.4 Å². The molecule has 0 aliphatic heterocycles. The van der Waals surface area contributed by atoms with Gasteiger partial charge < -0.3 is 9.47 Å². The average molecular weight is 346 g/mol. The van der Waals surface area contributed by atoms with Gasteiger partial charge in [-0.15, -0.1) is 0 Å². The normalized spacial score (nSPS) is 11.5. The third-order valence-electron chi connectivity index (χ3n) is 3.22. The standard InChI is InChI=1S/C18H18O5S/c1-13(19)23-16-9-5-14(6-10-16)4-7-15-8-11-17(22-2)12-18(15)24(3,20)21/h4-12H,1-3H3. The molecule has 0 aliphatic rings. The first-order valence-electron chi connectivity index (χ1n) is 7.14. The summed E-state index contributed by atoms with van der Waals surface area (Å²) < 4.78 is 33.9. The van der Waals surface area contributed by atoms with E-state index in [1.165, 1.54) is 20.1 Å². The van der Waals surface area contributed by atoms with Gasteiger partial charge in [0.2, 0.25) is 0 Å². The lowest BCUT2D eigenvalue weighted by molar-refractivity contribution is -0.131. The van der Waals surface area contributed by atoms with Gasteiger partial charge in [-0.3, -0.25) is 4.79 Å². The van der Waals surface area contributed by atoms with Crippen molar-refractivity contribution in [3.05, 3.63) is 53.6 Å². The van der Waals surface area contributed by atoms with Gasteiger partial charge in [0.05, 0.1) is 12.0 Å². The number of carbonyl (C=O) groups is 1. The van der Waals surface area contributed by atoms with Crippen LogP contribution in [0.25, 0.3) is 12.2 Å². The van der Waals surface area contributed by atoms with E-state index in [1.54, 1.807) is 48.6 Å². The molecular formula is C18H18O5S. The summed E-state index contributed by atoms with van der Waals surface area (Å²) in [4.78, 5) is 11.1. The predicted octanol–water partition coefficient (Wildman–Crippen LogP) is 3.19. The Hall–Kier alpha value is -2.60. The fraction of sp³-hybridized carbons (Fsp3) is 0.167. The van der Waals surface area contributed by atoms with E-state index in [4.69, 9.17) is 9.47 Å². The van der Waals surface area contributed by atoms with Gasteiger partial charge in [-0.25, -0.2) is 8.42 Å². The van der Waals surface area contributed by atoms with E-state index in [0.717, 1.165) is 11.8 Å². The Morgan fingerprint density at radius 1 is 1.00 bits per heavy atom. The van der Waals surface area contributed by atoms with Crippen LogP contribution in [0.3, 0.4) is 0 Å². The number of sulfone groups is 1. The van der Waals surface area contributed by atoms with Crippen molar-refractivity contribution in [1.29, 1.82) is 0 Å². The number of rotatable bonds is 5. The zero-order valence-electron chi connectivity index (χ0n) is 13.6. The van der Waals surface area contributed by atoms with Crippen molar-refractivity contribution in [2.24, 2.45) is 0 Å². The Morgan fingerprint density at radius 3 is 2.17 bits per heavy atom. The summed E-state index contributed by atoms with van der Waals surface area (Å²) >= 11 is 0. The Bertz CT molecular complexity index is 865. The third-order valence-corrected chi connectivity index (χ3v) is 4.37. The molecule has 0 heterocycles. The number of methoxy groups -OCH3 is 1. The van der Waals surface area contributed by atoms with Gasteiger partial charge in [-0.05, 0) is 41.5 Å². The smallest absolute Gasteiger partial charge is 0.308 e. The lowest BCUT2D eigenvalue weighted by Gasteiger charge is -2.07. The molecule has 0 saturated carbocycles. The molecular weight excluding hydrogens is 328 g/mol. The second-order valence-electron chi connectivity index (χ2n) is 5.17. The van der Waals surface area contributed by atoms with Crippen LogP contribution in [0.4, 0.5) is 0 Å². The minimum Gasteiger partial charge on any atom is -0.497 e. The van der Waals surface area contributed by atoms with Gasteiger partial charge in [0.1, 0.15) is 11.5 Å². The van der Waals surface area contributed by atoms with E-state index < -0.39 is 9.84 Å². The molecule has 0 atom stereocenters. The van der Waals surface area contributed by atoms with Crippen molar-refractivity contribution in [1.82, 2.24) is 0 Å². The molecule has 0 aliphatic carbocycles. The number of hydrogen-bond donors (Lipinski definition) is 0. The second-order valence-corrected chi connectivity index (χ2v) is 7.16. The maximum atomic E-state index is 11.9. The number of carbonyl (C=O) groups excluding carboxylic acids is 1. The van der Waals surface area contributed by atoms with Gasteiger partial charge in [0.25, 0.3) is 0 Å². The summed E-state index contributed by atoms with van der Waals surface area (Å²) in [7, 11) is -1.89. The quantitative estimate of drug-likeness (QED) is 0.472. The summed E-state index contributed by atoms with van der Waals surface area (Å²) in [6.45, 7) is 1.34. The zero-order valence-corrected chi connectivity index (χ0v) is 14.5. The van der Waals surface area contributed by atoms with Gasteiger partial charge >= 0.3 is 5.97 Å². The first-order chi connectivity index (χ1) is 11.3. The summed E-state index contributed by atoms with van der Waals surface area (Å²) in [6.07, 6.45) is 4.66. The Balaban J connectivity index is 2.30. The molecule has 2 aromatic rings. The lowest BCUT2D eigenvalue weighted by atomic mass is 10.1. The molecule has 0 unspecified atom stereocenters. The fourth-order valence-corrected chi connectivity index (χ4v) is 2.99. The van der Waals surface area contributed by atoms with Crippen LogP contribution in [0.2, 0.25) is 0 Å². The minimum absolute atomic E-state index is 0.203. The molecule has 0 fully saturated rings. The second kappa shape index (κ2) is 7.31. The van der Waals surface area contributed by atoms with Gasteiger partial charge in [-0.2, -0.15) is 0 Å². The topological polar surface area (TPSA) is 69.7 Å². The maximum Gasteiger partial charge on any atom is 0.308 e. The highest BCUT2D eigenvalue weighted by Crippen LogP contribution is 2.24. The van der Waals surface area contributed by atoms with E-state index in [9.17, 15) is 13.2 Å². The highest BCUT2D eigenvalue weighted by molar-refractivity contribution is 7.90. The zero-order chi connectivity index (χ0) is 17.7. The van der Waals surface area contributed by atoms with Gasteiger partial charge in [-0.1, -0.05) is 24.3 Å². The van der Waals surface area contributed by atoms with E-state index in [0.29, 0.717) is 17.1 Å². The van der Waals surface area contributed by atoms with Crippen molar-refractivity contribution >= 4 is 28.0 Å². The van der Waals surface area contributed by atoms with E-state index in [1.807, 2.05) is 0 Å². The van der Waals surface area contributed by atoms with Crippen molar-refractivity contribution in [3.63, 3.8) is 0 Å². The van der Waals surface area contributed by atoms with E-state index >= 15 is 0 Å². The Labute approximate surface area is 141 Å². The molecule has 2 rings (SSSR count). The summed E-state index contributed by atoms with van der Waals surface area (Å²) in [5, 5.41) is 0. The number of esters is 1. The number of hydrogen-bond acceptors (Lipinski definition) is 5. The monoisotopic (exact) mass is 346 g/mol. The molecule has 0 radical (unpaired) electrons. The third kappa shape index (κ3) is 4.70. The summed E-state index contributed by atoms with van der Waals surface area (Å²) in [6, 6.07) is 11.8. The summed E-state index contributed by atoms with van der Waals surface area (Å²) in [5.74, 6) is 0.563. The largest absolute Gasteiger partial charge is 0.497 e. The molecule has 0 amide bonds. The molecule has 0 N–H and O–H groups in total. The predicted molar refractivity (Wildman–Crippen MR) is 92.8 cm³/mol. The van der Waals surface area contributed by atoms with Crippen molar-refractivity contribution < 1.29 is 22.7 Å². The van der Waals surface area contributed by atoms with Gasteiger partial charge in [0, 0.05) is 13.2 Å². The first-order valence-corrected chi connectivity index (χ1v) is 9.03. The van der Waals surface area contributed by atoms with Crippen LogP contribution in [-0.4, -0.2) is 27.8 Å². The number of benzene rings is 2. The van der Waals surface area contributed by atoms with Crippen molar-refractivity contribution in [3.8, 4) is 11.5 Å². The van der Waals surface area contributed by atoms with Crippen LogP contribution in [0.5, 0.6) is 11.5 Å². The molecule has 2 aromatic carbocycles. The summed E-state index contributed by atoms with van der Waals surface area (Å²) in [5.41, 5.74) is 1.42. The molecule has 0 saturated heterocycles. The lowest BCUT2D eigenvalue weighted by Crippen LogP contribution is -2.01. The van der Waals surface area contributed by atoms with Crippen LogP contribution in [-0.2, 0) is 14.6 Å². The van der Waals surface area contributed by atoms with Crippen LogP contribution < -0.4 is 9.47 Å². The molecule has 0 bridgehead atoms. The van der Waals surface area contributed by atoms with E-state index in [-0.39, 0.29) is 10.9 Å². The van der Waals surface area contributed by atoms with Crippen LogP contribution in [0.1, 0.15) is 18.1 Å². The van der Waals surface area contributed by atoms with Gasteiger partial charge in [0.15, 0.2) is 9.84 Å². The maximum absolute atomic E-state index is 11.9. The molecule has 0 aromatic heterocycles. The highest BCUT2D eigenvalue weighted by atomic mass is 32.2. The Kier molecular flexibility index (Phi) is 5.41. The minimum atomic E-state index is -3.38. The molecule has 126 valence electrons. The van der Waals surface area contributed by atoms with E-state index in [2.05, 4.69) is 0 Å².